The van der Waals surface area contributed by atoms with E-state index in [4.69, 9.17) is 5.11 Å². The smallest absolute Gasteiger partial charge is 0.0851 e. The Morgan fingerprint density at radius 3 is 2.10 bits per heavy atom. The SMILES string of the molecule is C[C@@H]1C[C@H](CO)[C@H](O)C1O. The molecule has 0 saturated heterocycles. The molecule has 0 aromatic carbocycles. The van der Waals surface area contributed by atoms with Crippen molar-refractivity contribution in [3.05, 3.63) is 0 Å². The minimum Gasteiger partial charge on any atom is -0.396 e. The van der Waals surface area contributed by atoms with Crippen molar-refractivity contribution in [1.29, 1.82) is 0 Å². The maximum absolute atomic E-state index is 9.22. The Balaban J connectivity index is 2.53. The van der Waals surface area contributed by atoms with E-state index in [0.29, 0.717) is 0 Å². The van der Waals surface area contributed by atoms with Crippen LogP contribution in [0.3, 0.4) is 0 Å². The molecule has 1 aliphatic rings. The van der Waals surface area contributed by atoms with E-state index in [2.05, 4.69) is 0 Å². The molecular formula is C7H14O3. The molecule has 0 heterocycles. The molecule has 10 heavy (non-hydrogen) atoms. The fraction of sp³-hybridized carbons (Fsp3) is 1.00. The number of aliphatic hydroxyl groups is 3. The van der Waals surface area contributed by atoms with Crippen LogP contribution >= 0.6 is 0 Å². The van der Waals surface area contributed by atoms with Crippen LogP contribution < -0.4 is 0 Å². The van der Waals surface area contributed by atoms with Gasteiger partial charge < -0.3 is 15.3 Å². The molecule has 0 aliphatic heterocycles. The highest BCUT2D eigenvalue weighted by atomic mass is 16.3. The molecule has 1 rings (SSSR count). The van der Waals surface area contributed by atoms with Crippen LogP contribution in [0.25, 0.3) is 0 Å². The van der Waals surface area contributed by atoms with Crippen molar-refractivity contribution in [2.45, 2.75) is 25.6 Å². The van der Waals surface area contributed by atoms with Gasteiger partial charge in [-0.1, -0.05) is 6.92 Å². The summed E-state index contributed by atoms with van der Waals surface area (Å²) in [6.45, 7) is 1.85. The maximum atomic E-state index is 9.22. The largest absolute Gasteiger partial charge is 0.396 e. The van der Waals surface area contributed by atoms with Gasteiger partial charge in [-0.3, -0.25) is 0 Å². The third-order valence-corrected chi connectivity index (χ3v) is 2.32. The van der Waals surface area contributed by atoms with Gasteiger partial charge in [0.05, 0.1) is 12.2 Å². The standard InChI is InChI=1S/C7H14O3/c1-4-2-5(3-8)7(10)6(4)9/h4-10H,2-3H2,1H3/t4-,5-,6?,7+/m1/s1. The highest BCUT2D eigenvalue weighted by Crippen LogP contribution is 2.30. The average Bonchev–Trinajstić information content (AvgIpc) is 2.17. The molecule has 4 atom stereocenters. The second-order valence-electron chi connectivity index (χ2n) is 3.14. The fourth-order valence-electron chi connectivity index (χ4n) is 1.55. The van der Waals surface area contributed by atoms with Gasteiger partial charge in [0, 0.05) is 12.5 Å². The molecular weight excluding hydrogens is 132 g/mol. The van der Waals surface area contributed by atoms with Crippen molar-refractivity contribution in [3.63, 3.8) is 0 Å². The Hall–Kier alpha value is -0.120. The molecule has 1 fully saturated rings. The summed E-state index contributed by atoms with van der Waals surface area (Å²) >= 11 is 0. The van der Waals surface area contributed by atoms with E-state index in [-0.39, 0.29) is 18.4 Å². The molecule has 0 aromatic rings. The Bertz CT molecular complexity index is 115. The lowest BCUT2D eigenvalue weighted by Gasteiger charge is -2.13. The van der Waals surface area contributed by atoms with Crippen LogP contribution in [0.15, 0.2) is 0 Å². The molecule has 3 N–H and O–H groups in total. The van der Waals surface area contributed by atoms with E-state index in [1.807, 2.05) is 6.92 Å². The van der Waals surface area contributed by atoms with Crippen molar-refractivity contribution in [3.8, 4) is 0 Å². The quantitative estimate of drug-likeness (QED) is 0.461. The van der Waals surface area contributed by atoms with Gasteiger partial charge in [-0.15, -0.1) is 0 Å². The first-order chi connectivity index (χ1) is 4.66. The van der Waals surface area contributed by atoms with Gasteiger partial charge in [0.15, 0.2) is 0 Å². The summed E-state index contributed by atoms with van der Waals surface area (Å²) in [5.41, 5.74) is 0. The van der Waals surface area contributed by atoms with Gasteiger partial charge in [-0.2, -0.15) is 0 Å². The predicted molar refractivity (Wildman–Crippen MR) is 36.4 cm³/mol. The summed E-state index contributed by atoms with van der Waals surface area (Å²) in [4.78, 5) is 0. The second-order valence-corrected chi connectivity index (χ2v) is 3.14. The van der Waals surface area contributed by atoms with Crippen LogP contribution in [0.1, 0.15) is 13.3 Å². The molecule has 0 radical (unpaired) electrons. The molecule has 1 saturated carbocycles. The van der Waals surface area contributed by atoms with E-state index in [1.54, 1.807) is 0 Å². The molecule has 0 aromatic heterocycles. The van der Waals surface area contributed by atoms with E-state index < -0.39 is 12.2 Å². The van der Waals surface area contributed by atoms with Crippen LogP contribution in [0.2, 0.25) is 0 Å². The van der Waals surface area contributed by atoms with Gasteiger partial charge in [-0.05, 0) is 12.3 Å². The Labute approximate surface area is 60.3 Å². The van der Waals surface area contributed by atoms with Gasteiger partial charge in [0.1, 0.15) is 0 Å². The molecule has 0 amide bonds. The van der Waals surface area contributed by atoms with Crippen molar-refractivity contribution in [2.24, 2.45) is 11.8 Å². The third-order valence-electron chi connectivity index (χ3n) is 2.32. The predicted octanol–water partition coefficient (Wildman–Crippen LogP) is -0.643. The summed E-state index contributed by atoms with van der Waals surface area (Å²) in [6, 6.07) is 0. The lowest BCUT2D eigenvalue weighted by atomic mass is 10.1. The number of hydrogen-bond acceptors (Lipinski definition) is 3. The first-order valence-corrected chi connectivity index (χ1v) is 3.63. The van der Waals surface area contributed by atoms with Crippen LogP contribution in [0.5, 0.6) is 0 Å². The summed E-state index contributed by atoms with van der Waals surface area (Å²) in [5.74, 6) is -0.00264. The van der Waals surface area contributed by atoms with Crippen LogP contribution in [-0.4, -0.2) is 34.1 Å². The minimum absolute atomic E-state index is 0.0252. The highest BCUT2D eigenvalue weighted by molar-refractivity contribution is 4.88. The van der Waals surface area contributed by atoms with Crippen molar-refractivity contribution < 1.29 is 15.3 Å². The molecule has 60 valence electrons. The van der Waals surface area contributed by atoms with Crippen molar-refractivity contribution in [2.75, 3.05) is 6.61 Å². The first kappa shape index (κ1) is 7.98. The molecule has 1 aliphatic carbocycles. The van der Waals surface area contributed by atoms with Crippen molar-refractivity contribution >= 4 is 0 Å². The molecule has 3 heteroatoms. The van der Waals surface area contributed by atoms with Crippen molar-refractivity contribution in [1.82, 2.24) is 0 Å². The fourth-order valence-corrected chi connectivity index (χ4v) is 1.55. The zero-order valence-corrected chi connectivity index (χ0v) is 6.07. The van der Waals surface area contributed by atoms with Gasteiger partial charge in [0.2, 0.25) is 0 Å². The number of rotatable bonds is 1. The monoisotopic (exact) mass is 146 g/mol. The lowest BCUT2D eigenvalue weighted by Crippen LogP contribution is -2.28. The van der Waals surface area contributed by atoms with Crippen LogP contribution in [-0.2, 0) is 0 Å². The first-order valence-electron chi connectivity index (χ1n) is 3.63. The Morgan fingerprint density at radius 2 is 1.90 bits per heavy atom. The van der Waals surface area contributed by atoms with Gasteiger partial charge >= 0.3 is 0 Å². The topological polar surface area (TPSA) is 60.7 Å². The number of hydrogen-bond donors (Lipinski definition) is 3. The Kier molecular flexibility index (Phi) is 2.28. The summed E-state index contributed by atoms with van der Waals surface area (Å²) in [5, 5.41) is 27.1. The Morgan fingerprint density at radius 1 is 1.30 bits per heavy atom. The van der Waals surface area contributed by atoms with Crippen LogP contribution in [0, 0.1) is 11.8 Å². The minimum atomic E-state index is -0.722. The normalized spacial score (nSPS) is 48.0. The lowest BCUT2D eigenvalue weighted by molar-refractivity contribution is -0.00366. The van der Waals surface area contributed by atoms with Gasteiger partial charge in [-0.25, -0.2) is 0 Å². The second kappa shape index (κ2) is 2.86. The van der Waals surface area contributed by atoms with E-state index in [0.717, 1.165) is 6.42 Å². The zero-order valence-electron chi connectivity index (χ0n) is 6.07. The summed E-state index contributed by atoms with van der Waals surface area (Å²) < 4.78 is 0. The van der Waals surface area contributed by atoms with Gasteiger partial charge in [0.25, 0.3) is 0 Å². The summed E-state index contributed by atoms with van der Waals surface area (Å²) in [6.07, 6.45) is -0.643. The average molecular weight is 146 g/mol. The molecule has 3 nitrogen and oxygen atoms in total. The summed E-state index contributed by atoms with van der Waals surface area (Å²) in [7, 11) is 0. The zero-order chi connectivity index (χ0) is 7.72. The molecule has 0 spiro atoms. The molecule has 1 unspecified atom stereocenters. The number of aliphatic hydroxyl groups excluding tert-OH is 3. The highest BCUT2D eigenvalue weighted by Gasteiger charge is 2.38. The third kappa shape index (κ3) is 1.17. The molecule has 0 bridgehead atoms. The van der Waals surface area contributed by atoms with Crippen LogP contribution in [0.4, 0.5) is 0 Å². The van der Waals surface area contributed by atoms with E-state index in [1.165, 1.54) is 0 Å². The maximum Gasteiger partial charge on any atom is 0.0851 e. The van der Waals surface area contributed by atoms with E-state index >= 15 is 0 Å². The van der Waals surface area contributed by atoms with E-state index in [9.17, 15) is 10.2 Å².